The largest absolute Gasteiger partial charge is 0.446 e. The van der Waals surface area contributed by atoms with Crippen molar-refractivity contribution in [1.82, 2.24) is 0 Å². The van der Waals surface area contributed by atoms with Crippen LogP contribution in [0.15, 0.2) is 70.3 Å². The molecule has 0 saturated carbocycles. The number of urea groups is 1. The minimum atomic E-state index is -0.406. The molecule has 1 aromatic heterocycles. The van der Waals surface area contributed by atoms with Crippen LogP contribution in [0.25, 0.3) is 0 Å². The SMILES string of the molecule is CC(=O)c1cccc(NC(=O)Nc2ccc(N3C=Nc4occc4C3N)cc2)c1. The van der Waals surface area contributed by atoms with E-state index in [1.54, 1.807) is 55.1 Å². The Balaban J connectivity index is 1.41. The molecule has 8 nitrogen and oxygen atoms in total. The van der Waals surface area contributed by atoms with E-state index in [9.17, 15) is 9.59 Å². The number of rotatable bonds is 4. The standard InChI is InChI=1S/C21H19N5O3/c1-13(27)14-3-2-4-16(11-14)25-21(28)24-15-5-7-17(8-6-15)26-12-23-20-18(19(26)22)9-10-29-20/h2-12,19H,22H2,1H3,(H2,24,25,28). The average molecular weight is 389 g/mol. The second-order valence-electron chi connectivity index (χ2n) is 6.54. The maximum absolute atomic E-state index is 12.2. The number of nitrogens with zero attached hydrogens (tertiary/aromatic N) is 2. The van der Waals surface area contributed by atoms with Crippen molar-refractivity contribution in [2.24, 2.45) is 10.7 Å². The summed E-state index contributed by atoms with van der Waals surface area (Å²) in [6.07, 6.45) is 2.77. The molecule has 0 fully saturated rings. The number of aliphatic imine (C=N–C) groups is 1. The van der Waals surface area contributed by atoms with E-state index in [0.29, 0.717) is 22.8 Å². The van der Waals surface area contributed by atoms with Crippen molar-refractivity contribution in [2.75, 3.05) is 15.5 Å². The van der Waals surface area contributed by atoms with E-state index in [-0.39, 0.29) is 5.78 Å². The van der Waals surface area contributed by atoms with E-state index in [2.05, 4.69) is 15.6 Å². The Labute approximate surface area is 167 Å². The molecule has 0 spiro atoms. The molecule has 2 amide bonds. The Kier molecular flexibility index (Phi) is 4.84. The molecule has 2 aromatic carbocycles. The van der Waals surface area contributed by atoms with E-state index in [4.69, 9.17) is 10.2 Å². The van der Waals surface area contributed by atoms with Gasteiger partial charge in [-0.2, -0.15) is 0 Å². The molecule has 1 aliphatic heterocycles. The second-order valence-corrected chi connectivity index (χ2v) is 6.54. The number of benzene rings is 2. The van der Waals surface area contributed by atoms with Crippen molar-refractivity contribution in [3.8, 4) is 0 Å². The topological polar surface area (TPSA) is 113 Å². The minimum Gasteiger partial charge on any atom is -0.446 e. The second kappa shape index (κ2) is 7.61. The maximum atomic E-state index is 12.2. The fraction of sp³-hybridized carbons (Fsp3) is 0.0952. The highest BCUT2D eigenvalue weighted by Crippen LogP contribution is 2.33. The molecule has 0 saturated heterocycles. The number of furan rings is 1. The van der Waals surface area contributed by atoms with E-state index in [1.807, 2.05) is 17.0 Å². The van der Waals surface area contributed by atoms with E-state index >= 15 is 0 Å². The average Bonchev–Trinajstić information content (AvgIpc) is 3.19. The van der Waals surface area contributed by atoms with Crippen LogP contribution in [0.5, 0.6) is 0 Å². The first-order valence-electron chi connectivity index (χ1n) is 8.96. The maximum Gasteiger partial charge on any atom is 0.323 e. The number of fused-ring (bicyclic) bond motifs is 1. The zero-order valence-electron chi connectivity index (χ0n) is 15.6. The normalized spacial score (nSPS) is 15.0. The van der Waals surface area contributed by atoms with Crippen molar-refractivity contribution in [2.45, 2.75) is 13.1 Å². The molecule has 146 valence electrons. The summed E-state index contributed by atoms with van der Waals surface area (Å²) in [7, 11) is 0. The van der Waals surface area contributed by atoms with Gasteiger partial charge < -0.3 is 25.7 Å². The first-order chi connectivity index (χ1) is 14.0. The number of nitrogens with two attached hydrogens (primary N) is 1. The van der Waals surface area contributed by atoms with Gasteiger partial charge in [-0.25, -0.2) is 9.79 Å². The summed E-state index contributed by atoms with van der Waals surface area (Å²) in [5, 5.41) is 5.47. The molecule has 4 N–H and O–H groups in total. The number of amides is 2. The quantitative estimate of drug-likeness (QED) is 0.577. The smallest absolute Gasteiger partial charge is 0.323 e. The van der Waals surface area contributed by atoms with Crippen molar-refractivity contribution < 1.29 is 14.0 Å². The highest BCUT2D eigenvalue weighted by Gasteiger charge is 2.24. The lowest BCUT2D eigenvalue weighted by Gasteiger charge is -2.29. The number of carbonyl (C=O) groups is 2. The lowest BCUT2D eigenvalue weighted by molar-refractivity contribution is 0.101. The number of nitrogens with one attached hydrogen (secondary N) is 2. The van der Waals surface area contributed by atoms with Crippen LogP contribution in [0.1, 0.15) is 29.0 Å². The summed E-state index contributed by atoms with van der Waals surface area (Å²) in [6, 6.07) is 15.4. The van der Waals surface area contributed by atoms with Crippen LogP contribution in [0.4, 0.5) is 27.7 Å². The molecule has 1 atom stereocenters. The van der Waals surface area contributed by atoms with E-state index < -0.39 is 12.2 Å². The number of anilines is 3. The highest BCUT2D eigenvalue weighted by atomic mass is 16.3. The van der Waals surface area contributed by atoms with E-state index in [0.717, 1.165) is 11.3 Å². The third kappa shape index (κ3) is 3.87. The van der Waals surface area contributed by atoms with Crippen LogP contribution in [-0.2, 0) is 0 Å². The summed E-state index contributed by atoms with van der Waals surface area (Å²) in [4.78, 5) is 29.8. The van der Waals surface area contributed by atoms with Gasteiger partial charge in [-0.1, -0.05) is 12.1 Å². The summed E-state index contributed by atoms with van der Waals surface area (Å²) in [6.45, 7) is 1.48. The highest BCUT2D eigenvalue weighted by molar-refractivity contribution is 6.01. The van der Waals surface area contributed by atoms with Gasteiger partial charge >= 0.3 is 6.03 Å². The lowest BCUT2D eigenvalue weighted by atomic mass is 10.1. The fourth-order valence-corrected chi connectivity index (χ4v) is 3.03. The van der Waals surface area contributed by atoms with Gasteiger partial charge in [0.25, 0.3) is 0 Å². The van der Waals surface area contributed by atoms with Gasteiger partial charge in [0.05, 0.1) is 11.8 Å². The first kappa shape index (κ1) is 18.5. The molecule has 0 radical (unpaired) electrons. The first-order valence-corrected chi connectivity index (χ1v) is 8.96. The van der Waals surface area contributed by atoms with Crippen molar-refractivity contribution >= 4 is 41.1 Å². The Morgan fingerprint density at radius 3 is 2.59 bits per heavy atom. The number of hydrogen-bond acceptors (Lipinski definition) is 6. The zero-order valence-corrected chi connectivity index (χ0v) is 15.6. The minimum absolute atomic E-state index is 0.0633. The molecule has 3 aromatic rings. The number of ketones is 1. The lowest BCUT2D eigenvalue weighted by Crippen LogP contribution is -2.35. The third-order valence-electron chi connectivity index (χ3n) is 4.54. The van der Waals surface area contributed by atoms with Gasteiger partial charge in [-0.05, 0) is 49.4 Å². The molecule has 1 unspecified atom stereocenters. The van der Waals surface area contributed by atoms with Crippen LogP contribution >= 0.6 is 0 Å². The van der Waals surface area contributed by atoms with Gasteiger partial charge in [0, 0.05) is 22.6 Å². The van der Waals surface area contributed by atoms with Gasteiger partial charge in [0.1, 0.15) is 12.5 Å². The summed E-state index contributed by atoms with van der Waals surface area (Å²) in [5.74, 6) is 0.448. The monoisotopic (exact) mass is 389 g/mol. The van der Waals surface area contributed by atoms with Crippen LogP contribution < -0.4 is 21.3 Å². The number of carbonyl (C=O) groups excluding carboxylic acids is 2. The molecule has 1 aliphatic rings. The molecule has 29 heavy (non-hydrogen) atoms. The molecule has 8 heteroatoms. The molecule has 4 rings (SSSR count). The van der Waals surface area contributed by atoms with Gasteiger partial charge in [0.2, 0.25) is 5.88 Å². The zero-order chi connectivity index (χ0) is 20.4. The van der Waals surface area contributed by atoms with Gasteiger partial charge in [0.15, 0.2) is 5.78 Å². The Morgan fingerprint density at radius 1 is 1.07 bits per heavy atom. The number of Topliss-reactive ketones (excluding diaryl/α,β-unsaturated/α-hetero) is 1. The third-order valence-corrected chi connectivity index (χ3v) is 4.54. The molecular formula is C21H19N5O3. The van der Waals surface area contributed by atoms with Crippen molar-refractivity contribution in [3.63, 3.8) is 0 Å². The van der Waals surface area contributed by atoms with Gasteiger partial charge in [-0.15, -0.1) is 0 Å². The molecule has 0 bridgehead atoms. The van der Waals surface area contributed by atoms with Crippen molar-refractivity contribution in [1.29, 1.82) is 0 Å². The van der Waals surface area contributed by atoms with Crippen LogP contribution in [0, 0.1) is 0 Å². The molecular weight excluding hydrogens is 370 g/mol. The van der Waals surface area contributed by atoms with Crippen LogP contribution in [0.2, 0.25) is 0 Å². The van der Waals surface area contributed by atoms with Gasteiger partial charge in [-0.3, -0.25) is 4.79 Å². The van der Waals surface area contributed by atoms with Crippen LogP contribution in [-0.4, -0.2) is 18.2 Å². The summed E-state index contributed by atoms with van der Waals surface area (Å²) in [5.41, 5.74) is 9.60. The molecule has 0 aliphatic carbocycles. The summed E-state index contributed by atoms with van der Waals surface area (Å²) >= 11 is 0. The fourth-order valence-electron chi connectivity index (χ4n) is 3.03. The van der Waals surface area contributed by atoms with E-state index in [1.165, 1.54) is 6.92 Å². The predicted octanol–water partition coefficient (Wildman–Crippen LogP) is 4.26. The summed E-state index contributed by atoms with van der Waals surface area (Å²) < 4.78 is 5.26. The Bertz CT molecular complexity index is 1090. The molecule has 2 heterocycles. The number of hydrogen-bond donors (Lipinski definition) is 3. The Morgan fingerprint density at radius 2 is 1.83 bits per heavy atom. The van der Waals surface area contributed by atoms with Crippen LogP contribution in [0.3, 0.4) is 0 Å². The van der Waals surface area contributed by atoms with Crippen molar-refractivity contribution in [3.05, 3.63) is 72.0 Å². The Hall–Kier alpha value is -3.91. The predicted molar refractivity (Wildman–Crippen MR) is 112 cm³/mol.